The summed E-state index contributed by atoms with van der Waals surface area (Å²) < 4.78 is 41.2. The number of aryl methyl sites for hydroxylation is 1. The standard InChI is InChI=1S/C20H24F3N5O4S/c1-5-6-9-28-18(33-17(26-28)19(2,3)4)25-15(29)12-10-11(20(21,22)23)7-8-13(12)32-27-14(24)16(30)31/h7-8,10H,5-6,9H2,1-4H3,(H2,24,27)(H,30,31). The van der Waals surface area contributed by atoms with Crippen LogP contribution in [0.2, 0.25) is 0 Å². The highest BCUT2D eigenvalue weighted by molar-refractivity contribution is 7.09. The van der Waals surface area contributed by atoms with Crippen LogP contribution in [0.4, 0.5) is 13.2 Å². The van der Waals surface area contributed by atoms with E-state index < -0.39 is 40.8 Å². The van der Waals surface area contributed by atoms with Crippen LogP contribution in [0.1, 0.15) is 61.5 Å². The minimum absolute atomic E-state index is 0.218. The molecule has 180 valence electrons. The average Bonchev–Trinajstić information content (AvgIpc) is 3.12. The molecule has 1 aromatic carbocycles. The van der Waals surface area contributed by atoms with E-state index in [4.69, 9.17) is 15.7 Å². The van der Waals surface area contributed by atoms with E-state index in [9.17, 15) is 22.8 Å². The number of benzene rings is 1. The van der Waals surface area contributed by atoms with Gasteiger partial charge in [0.05, 0.1) is 11.1 Å². The molecule has 13 heteroatoms. The Balaban J connectivity index is 2.61. The van der Waals surface area contributed by atoms with E-state index in [1.165, 1.54) is 0 Å². The van der Waals surface area contributed by atoms with Crippen LogP contribution in [0.15, 0.2) is 28.3 Å². The number of carboxylic acid groups (broad SMARTS) is 1. The van der Waals surface area contributed by atoms with Crippen molar-refractivity contribution in [3.63, 3.8) is 0 Å². The van der Waals surface area contributed by atoms with Gasteiger partial charge in [0.25, 0.3) is 5.91 Å². The van der Waals surface area contributed by atoms with Crippen molar-refractivity contribution in [2.75, 3.05) is 0 Å². The third-order valence-corrected chi connectivity index (χ3v) is 5.55. The summed E-state index contributed by atoms with van der Waals surface area (Å²) in [6, 6.07) is 2.09. The van der Waals surface area contributed by atoms with E-state index in [0.29, 0.717) is 23.7 Å². The number of hydrogen-bond acceptors (Lipinski definition) is 6. The van der Waals surface area contributed by atoms with Crippen LogP contribution in [0.3, 0.4) is 0 Å². The Labute approximate surface area is 191 Å². The van der Waals surface area contributed by atoms with Gasteiger partial charge in [-0.05, 0) is 24.6 Å². The number of carbonyl (C=O) groups is 2. The molecule has 0 aliphatic carbocycles. The quantitative estimate of drug-likeness (QED) is 0.364. The van der Waals surface area contributed by atoms with Crippen molar-refractivity contribution in [2.24, 2.45) is 15.9 Å². The summed E-state index contributed by atoms with van der Waals surface area (Å²) in [7, 11) is 0. The Bertz CT molecular complexity index is 1130. The normalized spacial score (nSPS) is 13.3. The molecule has 9 nitrogen and oxygen atoms in total. The second kappa shape index (κ2) is 10.1. The molecule has 0 saturated carbocycles. The van der Waals surface area contributed by atoms with Crippen LogP contribution in [0.5, 0.6) is 5.75 Å². The predicted molar refractivity (Wildman–Crippen MR) is 115 cm³/mol. The lowest BCUT2D eigenvalue weighted by Gasteiger charge is -2.12. The molecule has 0 unspecified atom stereocenters. The largest absolute Gasteiger partial charge is 0.475 e. The van der Waals surface area contributed by atoms with Gasteiger partial charge in [-0.15, -0.1) is 0 Å². The van der Waals surface area contributed by atoms with Crippen LogP contribution in [0, 0.1) is 0 Å². The molecule has 33 heavy (non-hydrogen) atoms. The molecule has 0 aliphatic rings. The zero-order chi connectivity index (χ0) is 25.0. The molecule has 0 bridgehead atoms. The summed E-state index contributed by atoms with van der Waals surface area (Å²) in [5.41, 5.74) is 3.15. The predicted octanol–water partition coefficient (Wildman–Crippen LogP) is 3.54. The fraction of sp³-hybridized carbons (Fsp3) is 0.450. The van der Waals surface area contributed by atoms with Crippen LogP contribution in [0.25, 0.3) is 0 Å². The van der Waals surface area contributed by atoms with E-state index >= 15 is 0 Å². The summed E-state index contributed by atoms with van der Waals surface area (Å²) in [6.45, 7) is 8.26. The number of unbranched alkanes of at least 4 members (excludes halogenated alkanes) is 1. The number of amidine groups is 1. The first kappa shape index (κ1) is 26.0. The van der Waals surface area contributed by atoms with E-state index in [1.54, 1.807) is 4.68 Å². The molecule has 0 fully saturated rings. The maximum atomic E-state index is 13.2. The first-order valence-corrected chi connectivity index (χ1v) is 10.7. The van der Waals surface area contributed by atoms with Gasteiger partial charge in [0, 0.05) is 12.0 Å². The van der Waals surface area contributed by atoms with Gasteiger partial charge in [0.15, 0.2) is 5.75 Å². The van der Waals surface area contributed by atoms with Gasteiger partial charge < -0.3 is 15.7 Å². The highest BCUT2D eigenvalue weighted by atomic mass is 32.1. The fourth-order valence-electron chi connectivity index (χ4n) is 2.39. The zero-order valence-corrected chi connectivity index (χ0v) is 19.3. The molecule has 0 radical (unpaired) electrons. The Morgan fingerprint density at radius 3 is 2.48 bits per heavy atom. The third kappa shape index (κ3) is 6.88. The van der Waals surface area contributed by atoms with E-state index in [-0.39, 0.29) is 10.2 Å². The van der Waals surface area contributed by atoms with Crippen molar-refractivity contribution in [1.82, 2.24) is 9.78 Å². The van der Waals surface area contributed by atoms with Gasteiger partial charge in [-0.1, -0.05) is 50.6 Å². The lowest BCUT2D eigenvalue weighted by molar-refractivity contribution is -0.137. The summed E-state index contributed by atoms with van der Waals surface area (Å²) >= 11 is 1.15. The number of aliphatic carboxylic acids is 1. The molecule has 1 aromatic heterocycles. The molecule has 2 rings (SSSR count). The highest BCUT2D eigenvalue weighted by Gasteiger charge is 2.32. The first-order chi connectivity index (χ1) is 15.2. The number of carbonyl (C=O) groups excluding carboxylic acids is 1. The second-order valence-corrected chi connectivity index (χ2v) is 8.97. The van der Waals surface area contributed by atoms with Crippen molar-refractivity contribution in [3.05, 3.63) is 39.1 Å². The van der Waals surface area contributed by atoms with Crippen LogP contribution in [-0.2, 0) is 22.9 Å². The number of nitrogens with two attached hydrogens (primary N) is 1. The minimum Gasteiger partial charge on any atom is -0.475 e. The molecule has 0 aliphatic heterocycles. The van der Waals surface area contributed by atoms with Gasteiger partial charge in [-0.25, -0.2) is 9.48 Å². The molecule has 2 aromatic rings. The molecular weight excluding hydrogens is 463 g/mol. The van der Waals surface area contributed by atoms with Gasteiger partial charge in [-0.3, -0.25) is 4.79 Å². The van der Waals surface area contributed by atoms with Crippen molar-refractivity contribution in [2.45, 2.75) is 58.7 Å². The fourth-order valence-corrected chi connectivity index (χ4v) is 3.37. The van der Waals surface area contributed by atoms with E-state index in [2.05, 4.69) is 15.2 Å². The number of halogens is 3. The Morgan fingerprint density at radius 1 is 1.27 bits per heavy atom. The molecular formula is C20H24F3N5O4S. The number of carboxylic acids is 1. The molecule has 3 N–H and O–H groups in total. The Hall–Kier alpha value is -3.22. The number of rotatable bonds is 6. The number of aromatic nitrogens is 2. The van der Waals surface area contributed by atoms with E-state index in [0.717, 1.165) is 30.2 Å². The van der Waals surface area contributed by atoms with Gasteiger partial charge >= 0.3 is 12.1 Å². The van der Waals surface area contributed by atoms with Crippen LogP contribution in [-0.4, -0.2) is 32.6 Å². The molecule has 0 spiro atoms. The minimum atomic E-state index is -4.73. The lowest BCUT2D eigenvalue weighted by Crippen LogP contribution is -2.24. The number of nitrogens with zero attached hydrogens (tertiary/aromatic N) is 4. The lowest BCUT2D eigenvalue weighted by atomic mass is 9.98. The highest BCUT2D eigenvalue weighted by Crippen LogP contribution is 2.33. The summed E-state index contributed by atoms with van der Waals surface area (Å²) in [4.78, 5) is 32.8. The van der Waals surface area contributed by atoms with Gasteiger partial charge in [-0.2, -0.15) is 23.3 Å². The third-order valence-electron chi connectivity index (χ3n) is 4.18. The zero-order valence-electron chi connectivity index (χ0n) is 18.4. The van der Waals surface area contributed by atoms with Crippen LogP contribution >= 0.6 is 11.3 Å². The van der Waals surface area contributed by atoms with Crippen molar-refractivity contribution < 1.29 is 32.7 Å². The van der Waals surface area contributed by atoms with Crippen LogP contribution < -0.4 is 15.4 Å². The maximum absolute atomic E-state index is 13.2. The number of oxime groups is 1. The van der Waals surface area contributed by atoms with E-state index in [1.807, 2.05) is 27.7 Å². The average molecular weight is 488 g/mol. The Morgan fingerprint density at radius 2 is 1.94 bits per heavy atom. The summed E-state index contributed by atoms with van der Waals surface area (Å²) in [5, 5.41) is 17.1. The van der Waals surface area contributed by atoms with Gasteiger partial charge in [0.1, 0.15) is 5.01 Å². The molecule has 0 atom stereocenters. The monoisotopic (exact) mass is 487 g/mol. The Kier molecular flexibility index (Phi) is 8.01. The number of alkyl halides is 3. The second-order valence-electron chi connectivity index (χ2n) is 8.02. The summed E-state index contributed by atoms with van der Waals surface area (Å²) in [5.74, 6) is -4.01. The maximum Gasteiger partial charge on any atom is 0.416 e. The van der Waals surface area contributed by atoms with Crippen molar-refractivity contribution in [1.29, 1.82) is 0 Å². The SMILES string of the molecule is CCCCn1nc(C(C)(C)C)sc1=NC(=O)c1cc(C(F)(F)F)ccc1ON=C(N)C(=O)O. The molecule has 1 heterocycles. The first-order valence-electron chi connectivity index (χ1n) is 9.86. The smallest absolute Gasteiger partial charge is 0.416 e. The molecule has 1 amide bonds. The van der Waals surface area contributed by atoms with Gasteiger partial charge in [0.2, 0.25) is 10.6 Å². The number of amides is 1. The number of hydrogen-bond donors (Lipinski definition) is 2. The van der Waals surface area contributed by atoms with Crippen molar-refractivity contribution in [3.8, 4) is 5.75 Å². The molecule has 0 saturated heterocycles. The summed E-state index contributed by atoms with van der Waals surface area (Å²) in [6.07, 6.45) is -3.12. The van der Waals surface area contributed by atoms with Crippen molar-refractivity contribution >= 4 is 29.0 Å². The topological polar surface area (TPSA) is 132 Å².